The predicted octanol–water partition coefficient (Wildman–Crippen LogP) is 2.84. The average molecular weight is 330 g/mol. The van der Waals surface area contributed by atoms with Crippen LogP contribution >= 0.6 is 11.3 Å². The van der Waals surface area contributed by atoms with E-state index < -0.39 is 5.91 Å². The largest absolute Gasteiger partial charge is 0.365 e. The highest BCUT2D eigenvalue weighted by Gasteiger charge is 2.23. The van der Waals surface area contributed by atoms with Crippen LogP contribution in [0, 0.1) is 11.3 Å². The molecule has 0 spiro atoms. The molecule has 23 heavy (non-hydrogen) atoms. The zero-order valence-corrected chi connectivity index (χ0v) is 13.3. The molecule has 1 aliphatic rings. The zero-order valence-electron chi connectivity index (χ0n) is 12.5. The minimum Gasteiger partial charge on any atom is -0.365 e. The number of thiophene rings is 1. The number of nitrogens with one attached hydrogen (secondary N) is 3. The number of anilines is 2. The van der Waals surface area contributed by atoms with Gasteiger partial charge in [-0.1, -0.05) is 12.8 Å². The summed E-state index contributed by atoms with van der Waals surface area (Å²) in [4.78, 5) is 26.4. The van der Waals surface area contributed by atoms with Gasteiger partial charge in [-0.3, -0.25) is 9.59 Å². The third-order valence-electron chi connectivity index (χ3n) is 4.13. The summed E-state index contributed by atoms with van der Waals surface area (Å²) in [5.41, 5.74) is 7.06. The van der Waals surface area contributed by atoms with Crippen LogP contribution < -0.4 is 16.6 Å². The Kier molecular flexibility index (Phi) is 4.29. The van der Waals surface area contributed by atoms with Crippen molar-refractivity contribution < 1.29 is 4.79 Å². The van der Waals surface area contributed by atoms with Crippen molar-refractivity contribution in [3.8, 4) is 0 Å². The number of hydrogen-bond acceptors (Lipinski definition) is 5. The molecule has 6 nitrogen and oxygen atoms in total. The average Bonchev–Trinajstić information content (AvgIpc) is 3.19. The molecule has 3 rings (SSSR count). The first-order valence-electron chi connectivity index (χ1n) is 7.52. The summed E-state index contributed by atoms with van der Waals surface area (Å²) in [6, 6.07) is 3.37. The number of nitrogens with two attached hydrogens (primary N) is 1. The van der Waals surface area contributed by atoms with Crippen LogP contribution in [0.15, 0.2) is 28.5 Å². The molecule has 2 heterocycles. The highest BCUT2D eigenvalue weighted by molar-refractivity contribution is 7.12. The van der Waals surface area contributed by atoms with E-state index in [1.54, 1.807) is 23.7 Å². The Morgan fingerprint density at radius 3 is 2.78 bits per heavy atom. The third kappa shape index (κ3) is 3.19. The minimum absolute atomic E-state index is 0.209. The van der Waals surface area contributed by atoms with Crippen molar-refractivity contribution in [1.82, 2.24) is 4.98 Å². The Bertz CT molecular complexity index is 802. The Morgan fingerprint density at radius 2 is 2.13 bits per heavy atom. The minimum atomic E-state index is -0.496. The van der Waals surface area contributed by atoms with Crippen LogP contribution in [0.3, 0.4) is 0 Å². The summed E-state index contributed by atoms with van der Waals surface area (Å²) in [6.07, 6.45) is 5.82. The summed E-state index contributed by atoms with van der Waals surface area (Å²) < 4.78 is 0. The lowest BCUT2D eigenvalue weighted by Gasteiger charge is -2.15. The molecular weight excluding hydrogens is 312 g/mol. The van der Waals surface area contributed by atoms with Crippen LogP contribution in [0.4, 0.5) is 11.4 Å². The Balaban J connectivity index is 1.92. The fourth-order valence-electron chi connectivity index (χ4n) is 2.94. The van der Waals surface area contributed by atoms with Crippen molar-refractivity contribution >= 4 is 34.3 Å². The van der Waals surface area contributed by atoms with Crippen molar-refractivity contribution in [1.29, 1.82) is 5.41 Å². The molecule has 0 aliphatic heterocycles. The maximum absolute atomic E-state index is 12.2. The Morgan fingerprint density at radius 1 is 1.39 bits per heavy atom. The van der Waals surface area contributed by atoms with E-state index in [9.17, 15) is 9.59 Å². The van der Waals surface area contributed by atoms with E-state index >= 15 is 0 Å². The first-order valence-corrected chi connectivity index (χ1v) is 8.40. The number of hydrogen-bond donors (Lipinski definition) is 4. The topological polar surface area (TPSA) is 112 Å². The molecule has 2 aromatic rings. The van der Waals surface area contributed by atoms with Crippen LogP contribution in [-0.4, -0.2) is 16.6 Å². The third-order valence-corrected chi connectivity index (χ3v) is 5.07. The van der Waals surface area contributed by atoms with E-state index in [1.165, 1.54) is 11.3 Å². The zero-order chi connectivity index (χ0) is 16.4. The standard InChI is InChI=1S/C16H18N4O2S/c17-13(9-3-1-2-4-9)11-5-6-19-16(22)14(11)20-10-7-12(15(18)21)23-8-10/h5-9,17,20H,1-4H2,(H2,18,21)(H,19,22). The van der Waals surface area contributed by atoms with Crippen molar-refractivity contribution in [2.45, 2.75) is 25.7 Å². The molecule has 0 atom stereocenters. The number of pyridine rings is 1. The molecule has 1 saturated carbocycles. The van der Waals surface area contributed by atoms with E-state index in [2.05, 4.69) is 10.3 Å². The van der Waals surface area contributed by atoms with Crippen LogP contribution in [0.25, 0.3) is 0 Å². The molecule has 7 heteroatoms. The molecular formula is C16H18N4O2S. The van der Waals surface area contributed by atoms with Gasteiger partial charge in [0.2, 0.25) is 0 Å². The van der Waals surface area contributed by atoms with E-state index in [1.807, 2.05) is 0 Å². The van der Waals surface area contributed by atoms with Crippen molar-refractivity contribution in [2.24, 2.45) is 11.7 Å². The number of amides is 1. The van der Waals surface area contributed by atoms with Crippen LogP contribution in [0.5, 0.6) is 0 Å². The summed E-state index contributed by atoms with van der Waals surface area (Å²) >= 11 is 1.22. The molecule has 1 amide bonds. The van der Waals surface area contributed by atoms with Gasteiger partial charge in [-0.05, 0) is 25.0 Å². The SMILES string of the molecule is N=C(c1cc[nH]c(=O)c1Nc1csc(C(N)=O)c1)C1CCCC1. The molecule has 0 unspecified atom stereocenters. The van der Waals surface area contributed by atoms with Gasteiger partial charge in [0.25, 0.3) is 11.5 Å². The predicted molar refractivity (Wildman–Crippen MR) is 92.0 cm³/mol. The monoisotopic (exact) mass is 330 g/mol. The number of carbonyl (C=O) groups excluding carboxylic acids is 1. The van der Waals surface area contributed by atoms with Crippen LogP contribution in [0.2, 0.25) is 0 Å². The van der Waals surface area contributed by atoms with E-state index in [4.69, 9.17) is 11.1 Å². The number of carbonyl (C=O) groups is 1. The van der Waals surface area contributed by atoms with Gasteiger partial charge in [-0.2, -0.15) is 0 Å². The van der Waals surface area contributed by atoms with Crippen molar-refractivity contribution in [3.05, 3.63) is 44.5 Å². The van der Waals surface area contributed by atoms with Crippen LogP contribution in [0.1, 0.15) is 40.9 Å². The molecule has 5 N–H and O–H groups in total. The second kappa shape index (κ2) is 6.37. The summed E-state index contributed by atoms with van der Waals surface area (Å²) in [5, 5.41) is 13.2. The molecule has 0 bridgehead atoms. The molecule has 120 valence electrons. The van der Waals surface area contributed by atoms with Gasteiger partial charge in [-0.15, -0.1) is 11.3 Å². The molecule has 0 aromatic carbocycles. The number of H-pyrrole nitrogens is 1. The Labute approximate surface area is 137 Å². The van der Waals surface area contributed by atoms with Gasteiger partial charge in [0.15, 0.2) is 0 Å². The van der Waals surface area contributed by atoms with E-state index in [0.717, 1.165) is 25.7 Å². The number of aromatic nitrogens is 1. The second-order valence-corrected chi connectivity index (χ2v) is 6.59. The Hall–Kier alpha value is -2.41. The quantitative estimate of drug-likeness (QED) is 0.632. The fraction of sp³-hybridized carbons (Fsp3) is 0.312. The lowest BCUT2D eigenvalue weighted by Crippen LogP contribution is -2.20. The lowest BCUT2D eigenvalue weighted by molar-refractivity contribution is 0.100. The van der Waals surface area contributed by atoms with Gasteiger partial charge >= 0.3 is 0 Å². The maximum Gasteiger partial charge on any atom is 0.272 e. The number of primary amides is 1. The molecule has 0 saturated heterocycles. The van der Waals surface area contributed by atoms with Gasteiger partial charge in [0.1, 0.15) is 5.69 Å². The van der Waals surface area contributed by atoms with E-state index in [0.29, 0.717) is 27.5 Å². The lowest BCUT2D eigenvalue weighted by atomic mass is 9.95. The van der Waals surface area contributed by atoms with E-state index in [-0.39, 0.29) is 11.5 Å². The van der Waals surface area contributed by atoms with Gasteiger partial charge < -0.3 is 21.4 Å². The molecule has 1 aliphatic carbocycles. The molecule has 1 fully saturated rings. The van der Waals surface area contributed by atoms with Crippen molar-refractivity contribution in [3.63, 3.8) is 0 Å². The summed E-state index contributed by atoms with van der Waals surface area (Å²) in [7, 11) is 0. The maximum atomic E-state index is 12.2. The molecule has 2 aromatic heterocycles. The summed E-state index contributed by atoms with van der Waals surface area (Å²) in [5.74, 6) is -0.287. The smallest absolute Gasteiger partial charge is 0.272 e. The summed E-state index contributed by atoms with van der Waals surface area (Å²) in [6.45, 7) is 0. The van der Waals surface area contributed by atoms with Crippen LogP contribution in [-0.2, 0) is 0 Å². The van der Waals surface area contributed by atoms with Gasteiger partial charge in [-0.25, -0.2) is 0 Å². The second-order valence-electron chi connectivity index (χ2n) is 5.68. The normalized spacial score (nSPS) is 14.8. The number of aromatic amines is 1. The highest BCUT2D eigenvalue weighted by Crippen LogP contribution is 2.30. The fourth-order valence-corrected chi connectivity index (χ4v) is 3.63. The van der Waals surface area contributed by atoms with Gasteiger partial charge in [0.05, 0.1) is 10.6 Å². The van der Waals surface area contributed by atoms with Gasteiger partial charge in [0, 0.05) is 28.8 Å². The number of rotatable bonds is 5. The molecule has 0 radical (unpaired) electrons. The first kappa shape index (κ1) is 15.5. The highest BCUT2D eigenvalue weighted by atomic mass is 32.1. The van der Waals surface area contributed by atoms with Crippen molar-refractivity contribution in [2.75, 3.05) is 5.32 Å². The first-order chi connectivity index (χ1) is 11.1.